The highest BCUT2D eigenvalue weighted by Crippen LogP contribution is 2.56. The van der Waals surface area contributed by atoms with E-state index in [1.807, 2.05) is 0 Å². The molecule has 88 valence electrons. The van der Waals surface area contributed by atoms with Crippen molar-refractivity contribution in [1.29, 1.82) is 0 Å². The Labute approximate surface area is 94.3 Å². The van der Waals surface area contributed by atoms with Crippen LogP contribution < -0.4 is 0 Å². The SMILES string of the molecule is OCCCCCCCC[C@@H]1C[C@H]1C1CC1. The molecule has 0 unspecified atom stereocenters. The second-order valence-corrected chi connectivity index (χ2v) is 5.63. The molecule has 2 rings (SSSR count). The van der Waals surface area contributed by atoms with E-state index in [1.165, 1.54) is 50.4 Å². The fraction of sp³-hybridized carbons (Fsp3) is 1.00. The average molecular weight is 210 g/mol. The molecule has 2 saturated carbocycles. The maximum absolute atomic E-state index is 8.64. The fourth-order valence-corrected chi connectivity index (χ4v) is 2.93. The van der Waals surface area contributed by atoms with Gasteiger partial charge in [-0.25, -0.2) is 0 Å². The summed E-state index contributed by atoms with van der Waals surface area (Å²) in [6, 6.07) is 0. The molecule has 0 radical (unpaired) electrons. The van der Waals surface area contributed by atoms with Gasteiger partial charge in [0.15, 0.2) is 0 Å². The highest BCUT2D eigenvalue weighted by atomic mass is 16.2. The average Bonchev–Trinajstić information content (AvgIpc) is 3.09. The van der Waals surface area contributed by atoms with Gasteiger partial charge in [-0.3, -0.25) is 0 Å². The second kappa shape index (κ2) is 5.89. The van der Waals surface area contributed by atoms with Crippen LogP contribution in [0.5, 0.6) is 0 Å². The van der Waals surface area contributed by atoms with Crippen molar-refractivity contribution < 1.29 is 5.11 Å². The Bertz CT molecular complexity index is 174. The summed E-state index contributed by atoms with van der Waals surface area (Å²) in [5.41, 5.74) is 0. The predicted octanol–water partition coefficient (Wildman–Crippen LogP) is 3.76. The number of aliphatic hydroxyl groups excluding tert-OH is 1. The molecule has 2 aliphatic carbocycles. The third kappa shape index (κ3) is 4.14. The van der Waals surface area contributed by atoms with Gasteiger partial charge >= 0.3 is 0 Å². The molecule has 1 nitrogen and oxygen atoms in total. The highest BCUT2D eigenvalue weighted by Gasteiger charge is 2.46. The van der Waals surface area contributed by atoms with Crippen molar-refractivity contribution in [2.24, 2.45) is 17.8 Å². The Morgan fingerprint density at radius 3 is 2.20 bits per heavy atom. The van der Waals surface area contributed by atoms with Crippen LogP contribution in [0.3, 0.4) is 0 Å². The van der Waals surface area contributed by atoms with Crippen LogP contribution in [0, 0.1) is 17.8 Å². The van der Waals surface area contributed by atoms with E-state index in [1.54, 1.807) is 19.3 Å². The van der Waals surface area contributed by atoms with Gasteiger partial charge in [0, 0.05) is 6.61 Å². The molecule has 15 heavy (non-hydrogen) atoms. The molecule has 0 bridgehead atoms. The van der Waals surface area contributed by atoms with Crippen LogP contribution in [-0.4, -0.2) is 11.7 Å². The quantitative estimate of drug-likeness (QED) is 0.575. The van der Waals surface area contributed by atoms with Crippen LogP contribution in [-0.2, 0) is 0 Å². The molecule has 1 heteroatoms. The first-order valence-electron chi connectivity index (χ1n) is 7.02. The maximum Gasteiger partial charge on any atom is 0.0431 e. The lowest BCUT2D eigenvalue weighted by molar-refractivity contribution is 0.282. The van der Waals surface area contributed by atoms with E-state index in [9.17, 15) is 0 Å². The van der Waals surface area contributed by atoms with Crippen molar-refractivity contribution in [2.75, 3.05) is 6.61 Å². The first kappa shape index (κ1) is 11.4. The third-order valence-electron chi connectivity index (χ3n) is 4.19. The molecular formula is C14H26O. The van der Waals surface area contributed by atoms with E-state index >= 15 is 0 Å². The molecular weight excluding hydrogens is 184 g/mol. The first-order valence-corrected chi connectivity index (χ1v) is 7.02. The number of aliphatic hydroxyl groups is 1. The van der Waals surface area contributed by atoms with Gasteiger partial charge in [0.1, 0.15) is 0 Å². The van der Waals surface area contributed by atoms with E-state index < -0.39 is 0 Å². The summed E-state index contributed by atoms with van der Waals surface area (Å²) < 4.78 is 0. The highest BCUT2D eigenvalue weighted by molar-refractivity contribution is 4.96. The van der Waals surface area contributed by atoms with E-state index in [0.29, 0.717) is 6.61 Å². The summed E-state index contributed by atoms with van der Waals surface area (Å²) in [5, 5.41) is 8.64. The molecule has 1 N–H and O–H groups in total. The van der Waals surface area contributed by atoms with Gasteiger partial charge in [0.05, 0.1) is 0 Å². The minimum atomic E-state index is 0.380. The summed E-state index contributed by atoms with van der Waals surface area (Å²) in [6.07, 6.45) is 14.0. The van der Waals surface area contributed by atoms with Gasteiger partial charge in [0.25, 0.3) is 0 Å². The van der Waals surface area contributed by atoms with Crippen molar-refractivity contribution >= 4 is 0 Å². The Balaban J connectivity index is 1.34. The van der Waals surface area contributed by atoms with Crippen molar-refractivity contribution in [2.45, 2.75) is 64.2 Å². The minimum Gasteiger partial charge on any atom is -0.396 e. The predicted molar refractivity (Wildman–Crippen MR) is 63.7 cm³/mol. The summed E-state index contributed by atoms with van der Waals surface area (Å²) in [6.45, 7) is 0.380. The second-order valence-electron chi connectivity index (χ2n) is 5.63. The maximum atomic E-state index is 8.64. The van der Waals surface area contributed by atoms with E-state index in [2.05, 4.69) is 0 Å². The summed E-state index contributed by atoms with van der Waals surface area (Å²) in [5.74, 6) is 3.47. The number of unbranched alkanes of at least 4 members (excludes halogenated alkanes) is 5. The van der Waals surface area contributed by atoms with Gasteiger partial charge in [-0.1, -0.05) is 38.5 Å². The van der Waals surface area contributed by atoms with Crippen LogP contribution in [0.2, 0.25) is 0 Å². The topological polar surface area (TPSA) is 20.2 Å². The Morgan fingerprint density at radius 1 is 0.867 bits per heavy atom. The molecule has 0 aromatic heterocycles. The van der Waals surface area contributed by atoms with Crippen molar-refractivity contribution in [3.63, 3.8) is 0 Å². The Morgan fingerprint density at radius 2 is 1.53 bits per heavy atom. The molecule has 0 spiro atoms. The van der Waals surface area contributed by atoms with Gasteiger partial charge < -0.3 is 5.11 Å². The van der Waals surface area contributed by atoms with Crippen LogP contribution in [0.1, 0.15) is 64.2 Å². The van der Waals surface area contributed by atoms with Crippen LogP contribution in [0.15, 0.2) is 0 Å². The lowest BCUT2D eigenvalue weighted by Crippen LogP contribution is -1.87. The zero-order valence-electron chi connectivity index (χ0n) is 9.96. The van der Waals surface area contributed by atoms with E-state index in [4.69, 9.17) is 5.11 Å². The summed E-state index contributed by atoms with van der Waals surface area (Å²) in [7, 11) is 0. The summed E-state index contributed by atoms with van der Waals surface area (Å²) in [4.78, 5) is 0. The normalized spacial score (nSPS) is 29.4. The van der Waals surface area contributed by atoms with Crippen LogP contribution in [0.25, 0.3) is 0 Å². The standard InChI is InChI=1S/C14H26O/c15-10-6-4-2-1-3-5-7-13-11-14(13)12-8-9-12/h12-15H,1-11H2/t13-,14+/m1/s1. The number of rotatable bonds is 9. The smallest absolute Gasteiger partial charge is 0.0431 e. The minimum absolute atomic E-state index is 0.380. The largest absolute Gasteiger partial charge is 0.396 e. The fourth-order valence-electron chi connectivity index (χ4n) is 2.93. The monoisotopic (exact) mass is 210 g/mol. The van der Waals surface area contributed by atoms with Crippen LogP contribution in [0.4, 0.5) is 0 Å². The molecule has 2 fully saturated rings. The van der Waals surface area contributed by atoms with Crippen molar-refractivity contribution in [3.8, 4) is 0 Å². The van der Waals surface area contributed by atoms with Gasteiger partial charge in [0.2, 0.25) is 0 Å². The molecule has 0 aliphatic heterocycles. The Hall–Kier alpha value is -0.0400. The third-order valence-corrected chi connectivity index (χ3v) is 4.19. The van der Waals surface area contributed by atoms with Gasteiger partial charge in [-0.2, -0.15) is 0 Å². The van der Waals surface area contributed by atoms with Gasteiger partial charge in [-0.15, -0.1) is 0 Å². The van der Waals surface area contributed by atoms with E-state index in [0.717, 1.165) is 12.3 Å². The van der Waals surface area contributed by atoms with Crippen LogP contribution >= 0.6 is 0 Å². The summed E-state index contributed by atoms with van der Waals surface area (Å²) >= 11 is 0. The van der Waals surface area contributed by atoms with Crippen molar-refractivity contribution in [3.05, 3.63) is 0 Å². The zero-order chi connectivity index (χ0) is 10.5. The molecule has 2 atom stereocenters. The molecule has 0 amide bonds. The molecule has 0 aromatic rings. The lowest BCUT2D eigenvalue weighted by atomic mass is 10.1. The van der Waals surface area contributed by atoms with E-state index in [-0.39, 0.29) is 0 Å². The van der Waals surface area contributed by atoms with Crippen molar-refractivity contribution in [1.82, 2.24) is 0 Å². The number of hydrogen-bond acceptors (Lipinski definition) is 1. The lowest BCUT2D eigenvalue weighted by Gasteiger charge is -2.01. The zero-order valence-corrected chi connectivity index (χ0v) is 9.96. The molecule has 0 saturated heterocycles. The molecule has 0 heterocycles. The molecule has 2 aliphatic rings. The number of hydrogen-bond donors (Lipinski definition) is 1. The van der Waals surface area contributed by atoms with Gasteiger partial charge in [-0.05, 0) is 43.4 Å². The molecule has 0 aromatic carbocycles. The first-order chi connectivity index (χ1) is 7.42. The Kier molecular flexibility index (Phi) is 4.49.